The van der Waals surface area contributed by atoms with Crippen LogP contribution in [0.15, 0.2) is 10.7 Å². The van der Waals surface area contributed by atoms with Crippen LogP contribution in [-0.4, -0.2) is 50.0 Å². The molecule has 11 heteroatoms. The zero-order valence-corrected chi connectivity index (χ0v) is 17.8. The Kier molecular flexibility index (Phi) is 7.05. The molecule has 0 spiro atoms. The Bertz CT molecular complexity index is 885. The van der Waals surface area contributed by atoms with Crippen LogP contribution in [0.3, 0.4) is 0 Å². The number of ether oxygens (including phenoxy) is 1. The third-order valence-electron chi connectivity index (χ3n) is 5.59. The van der Waals surface area contributed by atoms with E-state index < -0.39 is 12.1 Å². The summed E-state index contributed by atoms with van der Waals surface area (Å²) in [4.78, 5) is 16.0. The Hall–Kier alpha value is -2.40. The first kappa shape index (κ1) is 23.3. The topological polar surface area (TPSA) is 93.6 Å². The van der Waals surface area contributed by atoms with Gasteiger partial charge in [-0.1, -0.05) is 5.16 Å². The molecule has 1 fully saturated rings. The predicted octanol–water partition coefficient (Wildman–Crippen LogP) is 3.62. The van der Waals surface area contributed by atoms with Crippen LogP contribution in [0, 0.1) is 19.8 Å². The number of aryl methyl sites for hydroxylation is 2. The van der Waals surface area contributed by atoms with Gasteiger partial charge >= 0.3 is 12.1 Å². The number of carbonyl (C=O) groups is 1. The number of aromatic nitrogens is 3. The lowest BCUT2D eigenvalue weighted by molar-refractivity contribution is -0.192. The summed E-state index contributed by atoms with van der Waals surface area (Å²) in [7, 11) is 0. The maximum Gasteiger partial charge on any atom is 0.490 e. The Morgan fingerprint density at radius 1 is 1.32 bits per heavy atom. The first-order chi connectivity index (χ1) is 14.6. The van der Waals surface area contributed by atoms with Crippen LogP contribution in [-0.2, 0) is 29.2 Å². The van der Waals surface area contributed by atoms with Crippen LogP contribution < -0.4 is 0 Å². The van der Waals surface area contributed by atoms with Crippen LogP contribution >= 0.6 is 0 Å². The fraction of sp³-hybridized carbons (Fsp3) is 0.650. The van der Waals surface area contributed by atoms with Crippen molar-refractivity contribution in [1.82, 2.24) is 19.6 Å². The quantitative estimate of drug-likeness (QED) is 0.727. The van der Waals surface area contributed by atoms with Crippen molar-refractivity contribution >= 4 is 5.97 Å². The van der Waals surface area contributed by atoms with Crippen LogP contribution in [0.4, 0.5) is 13.2 Å². The standard InChI is InChI=1S/C18H26N4O2.C2HF3O2/c1-12-17(14(3)24-20-12)9-21-6-7-22-16(8-19-18(22)13(21)2)11-23-10-15-4-5-15;3-2(4,5)1(6)7/h8,13,15H,4-7,9-11H2,1-3H3;(H,6,7). The van der Waals surface area contributed by atoms with Crippen molar-refractivity contribution in [3.63, 3.8) is 0 Å². The lowest BCUT2D eigenvalue weighted by Crippen LogP contribution is -2.37. The highest BCUT2D eigenvalue weighted by Crippen LogP contribution is 2.30. The van der Waals surface area contributed by atoms with Crippen molar-refractivity contribution in [2.75, 3.05) is 13.2 Å². The molecule has 1 N–H and O–H groups in total. The first-order valence-corrected chi connectivity index (χ1v) is 10.2. The van der Waals surface area contributed by atoms with E-state index >= 15 is 0 Å². The number of imidazole rings is 1. The van der Waals surface area contributed by atoms with Crippen molar-refractivity contribution in [3.8, 4) is 0 Å². The Morgan fingerprint density at radius 3 is 2.55 bits per heavy atom. The number of carboxylic acid groups (broad SMARTS) is 1. The molecule has 0 aromatic carbocycles. The summed E-state index contributed by atoms with van der Waals surface area (Å²) in [6.07, 6.45) is -0.436. The van der Waals surface area contributed by atoms with Crippen molar-refractivity contribution in [2.45, 2.75) is 65.5 Å². The lowest BCUT2D eigenvalue weighted by atomic mass is 10.1. The number of aliphatic carboxylic acids is 1. The van der Waals surface area contributed by atoms with Crippen LogP contribution in [0.25, 0.3) is 0 Å². The van der Waals surface area contributed by atoms with Crippen LogP contribution in [0.2, 0.25) is 0 Å². The predicted molar refractivity (Wildman–Crippen MR) is 103 cm³/mol. The molecule has 31 heavy (non-hydrogen) atoms. The van der Waals surface area contributed by atoms with Gasteiger partial charge in [-0.15, -0.1) is 0 Å². The molecule has 1 unspecified atom stereocenters. The second kappa shape index (κ2) is 9.39. The number of nitrogens with zero attached hydrogens (tertiary/aromatic N) is 4. The molecule has 2 aromatic heterocycles. The molecular formula is C20H27F3N4O4. The van der Waals surface area contributed by atoms with E-state index in [9.17, 15) is 13.2 Å². The van der Waals surface area contributed by atoms with E-state index in [0.717, 1.165) is 49.4 Å². The van der Waals surface area contributed by atoms with E-state index in [-0.39, 0.29) is 6.04 Å². The molecule has 1 aliphatic heterocycles. The molecular weight excluding hydrogens is 417 g/mol. The number of halogens is 3. The third kappa shape index (κ3) is 5.85. The van der Waals surface area contributed by atoms with Crippen molar-refractivity contribution in [3.05, 3.63) is 34.7 Å². The van der Waals surface area contributed by atoms with Gasteiger partial charge in [0.15, 0.2) is 0 Å². The third-order valence-corrected chi connectivity index (χ3v) is 5.59. The van der Waals surface area contributed by atoms with E-state index in [1.165, 1.54) is 24.1 Å². The van der Waals surface area contributed by atoms with Gasteiger partial charge < -0.3 is 18.9 Å². The highest BCUT2D eigenvalue weighted by Gasteiger charge is 2.38. The summed E-state index contributed by atoms with van der Waals surface area (Å²) in [5, 5.41) is 11.2. The van der Waals surface area contributed by atoms with Gasteiger partial charge in [-0.2, -0.15) is 13.2 Å². The smallest absolute Gasteiger partial charge is 0.475 e. The maximum atomic E-state index is 10.6. The zero-order valence-electron chi connectivity index (χ0n) is 17.8. The van der Waals surface area contributed by atoms with E-state index in [0.29, 0.717) is 6.61 Å². The summed E-state index contributed by atoms with van der Waals surface area (Å²) in [5.41, 5.74) is 3.40. The Labute approximate surface area is 178 Å². The summed E-state index contributed by atoms with van der Waals surface area (Å²) in [6, 6.07) is 0.282. The van der Waals surface area contributed by atoms with Gasteiger partial charge in [0, 0.05) is 31.8 Å². The molecule has 1 aliphatic carbocycles. The van der Waals surface area contributed by atoms with E-state index in [2.05, 4.69) is 26.5 Å². The van der Waals surface area contributed by atoms with Crippen molar-refractivity contribution < 1.29 is 32.3 Å². The van der Waals surface area contributed by atoms with Gasteiger partial charge in [-0.25, -0.2) is 9.78 Å². The molecule has 4 rings (SSSR count). The molecule has 0 saturated heterocycles. The van der Waals surface area contributed by atoms with Gasteiger partial charge in [0.2, 0.25) is 0 Å². The minimum Gasteiger partial charge on any atom is -0.475 e. The average Bonchev–Trinajstić information content (AvgIpc) is 3.35. The van der Waals surface area contributed by atoms with Gasteiger partial charge in [0.05, 0.1) is 30.2 Å². The summed E-state index contributed by atoms with van der Waals surface area (Å²) in [5.74, 6) is 0.103. The number of hydrogen-bond acceptors (Lipinski definition) is 6. The first-order valence-electron chi connectivity index (χ1n) is 10.2. The molecule has 1 atom stereocenters. The summed E-state index contributed by atoms with van der Waals surface area (Å²) < 4.78 is 45.2. The number of fused-ring (bicyclic) bond motifs is 1. The zero-order chi connectivity index (χ0) is 22.8. The highest BCUT2D eigenvalue weighted by molar-refractivity contribution is 5.73. The highest BCUT2D eigenvalue weighted by atomic mass is 19.4. The molecule has 172 valence electrons. The van der Waals surface area contributed by atoms with Gasteiger partial charge in [0.1, 0.15) is 11.6 Å². The monoisotopic (exact) mass is 444 g/mol. The second-order valence-electron chi connectivity index (χ2n) is 7.97. The molecule has 1 saturated carbocycles. The van der Waals surface area contributed by atoms with Crippen LogP contribution in [0.1, 0.15) is 54.3 Å². The van der Waals surface area contributed by atoms with Gasteiger partial charge in [0.25, 0.3) is 0 Å². The maximum absolute atomic E-state index is 10.6. The fourth-order valence-corrected chi connectivity index (χ4v) is 3.48. The molecule has 0 radical (unpaired) electrons. The Morgan fingerprint density at radius 2 is 2.00 bits per heavy atom. The van der Waals surface area contributed by atoms with E-state index in [4.69, 9.17) is 19.2 Å². The normalized spacial score (nSPS) is 19.0. The SMILES string of the molecule is Cc1noc(C)c1CN1CCn2c(COCC3CC3)cnc2C1C.O=C(O)C(F)(F)F. The van der Waals surface area contributed by atoms with E-state index in [1.807, 2.05) is 20.0 Å². The molecule has 0 amide bonds. The Balaban J connectivity index is 0.000000339. The molecule has 2 aliphatic rings. The van der Waals surface area contributed by atoms with Crippen molar-refractivity contribution in [2.24, 2.45) is 5.92 Å². The fourth-order valence-electron chi connectivity index (χ4n) is 3.48. The van der Waals surface area contributed by atoms with Crippen LogP contribution in [0.5, 0.6) is 0 Å². The summed E-state index contributed by atoms with van der Waals surface area (Å²) in [6.45, 7) is 10.6. The molecule has 2 aromatic rings. The van der Waals surface area contributed by atoms with Gasteiger partial charge in [-0.3, -0.25) is 4.90 Å². The molecule has 8 nitrogen and oxygen atoms in total. The largest absolute Gasteiger partial charge is 0.490 e. The number of carboxylic acids is 1. The molecule has 3 heterocycles. The molecule has 0 bridgehead atoms. The van der Waals surface area contributed by atoms with Gasteiger partial charge in [-0.05, 0) is 39.5 Å². The average molecular weight is 444 g/mol. The van der Waals surface area contributed by atoms with Crippen molar-refractivity contribution in [1.29, 1.82) is 0 Å². The van der Waals surface area contributed by atoms with E-state index in [1.54, 1.807) is 0 Å². The minimum atomic E-state index is -5.08. The second-order valence-corrected chi connectivity index (χ2v) is 7.97. The number of hydrogen-bond donors (Lipinski definition) is 1. The number of alkyl halides is 3. The number of rotatable bonds is 6. The summed E-state index contributed by atoms with van der Waals surface area (Å²) >= 11 is 0. The lowest BCUT2D eigenvalue weighted by Gasteiger charge is -2.34. The minimum absolute atomic E-state index is 0.282.